The van der Waals surface area contributed by atoms with Crippen molar-refractivity contribution >= 4 is 39.3 Å². The maximum Gasteiger partial charge on any atom is 0.0627 e. The summed E-state index contributed by atoms with van der Waals surface area (Å²) in [4.78, 5) is 4.77. The molecule has 0 N–H and O–H groups in total. The van der Waals surface area contributed by atoms with Crippen molar-refractivity contribution in [2.75, 3.05) is 0 Å². The van der Waals surface area contributed by atoms with Crippen molar-refractivity contribution < 1.29 is 0 Å². The fourth-order valence-corrected chi connectivity index (χ4v) is 7.79. The van der Waals surface area contributed by atoms with Gasteiger partial charge in [-0.25, -0.2) is 0 Å². The molecule has 0 aliphatic heterocycles. The molecule has 0 atom stereocenters. The highest BCUT2D eigenvalue weighted by atomic mass is 14.9. The van der Waals surface area contributed by atoms with E-state index in [1.54, 1.807) is 0 Å². The number of benzene rings is 7. The third-order valence-electron chi connectivity index (χ3n) is 11.6. The number of aryl methyl sites for hydroxylation is 3. The lowest BCUT2D eigenvalue weighted by Gasteiger charge is -2.11. The van der Waals surface area contributed by atoms with E-state index in [1.165, 1.54) is 55.2 Å². The molecule has 0 unspecified atom stereocenters. The number of hydrogen-bond acceptors (Lipinski definition) is 1. The van der Waals surface area contributed by atoms with Crippen molar-refractivity contribution in [3.05, 3.63) is 276 Å². The summed E-state index contributed by atoms with van der Waals surface area (Å²) in [6.45, 7) is 27.5. The summed E-state index contributed by atoms with van der Waals surface area (Å²) in [5.74, 6) is 0.659. The van der Waals surface area contributed by atoms with Crippen LogP contribution in [0.5, 0.6) is 0 Å². The number of hydrogen-bond donors (Lipinski definition) is 0. The van der Waals surface area contributed by atoms with Crippen molar-refractivity contribution in [2.45, 2.75) is 74.7 Å². The van der Waals surface area contributed by atoms with Gasteiger partial charge in [-0.3, -0.25) is 4.99 Å². The minimum atomic E-state index is 0.651. The van der Waals surface area contributed by atoms with Gasteiger partial charge in [-0.15, -0.1) is 0 Å². The number of nitrogens with zero attached hydrogens (tertiary/aromatic N) is 2. The molecule has 1 aromatic heterocycles. The first-order valence-electron chi connectivity index (χ1n) is 24.0. The summed E-state index contributed by atoms with van der Waals surface area (Å²) in [6.07, 6.45) is 15.8. The van der Waals surface area contributed by atoms with Gasteiger partial charge in [-0.1, -0.05) is 228 Å². The Morgan fingerprint density at radius 2 is 1.21 bits per heavy atom. The van der Waals surface area contributed by atoms with Gasteiger partial charge in [0.2, 0.25) is 0 Å². The molecule has 0 saturated carbocycles. The van der Waals surface area contributed by atoms with Crippen molar-refractivity contribution in [2.24, 2.45) is 4.99 Å². The fraction of sp³-hybridized carbons (Fsp3) is 0.167. The van der Waals surface area contributed by atoms with Gasteiger partial charge < -0.3 is 4.57 Å². The number of rotatable bonds is 12. The molecule has 1 heterocycles. The summed E-state index contributed by atoms with van der Waals surface area (Å²) < 4.78 is 2.28. The predicted octanol–water partition coefficient (Wildman–Crippen LogP) is 18.7. The zero-order chi connectivity index (χ0) is 48.8. The summed E-state index contributed by atoms with van der Waals surface area (Å²) in [7, 11) is 0. The van der Waals surface area contributed by atoms with E-state index in [1.807, 2.05) is 70.2 Å². The zero-order valence-corrected chi connectivity index (χ0v) is 41.9. The first-order valence-corrected chi connectivity index (χ1v) is 24.0. The molecule has 68 heavy (non-hydrogen) atoms. The molecule has 344 valence electrons. The number of aromatic nitrogens is 1. The summed E-state index contributed by atoms with van der Waals surface area (Å²) in [6, 6.07) is 61.6. The van der Waals surface area contributed by atoms with Gasteiger partial charge in [-0.2, -0.15) is 0 Å². The summed E-state index contributed by atoms with van der Waals surface area (Å²) in [5.41, 5.74) is 17.2. The van der Waals surface area contributed by atoms with Crippen LogP contribution in [0, 0.1) is 20.8 Å². The highest BCUT2D eigenvalue weighted by Gasteiger charge is 2.12. The van der Waals surface area contributed by atoms with Crippen LogP contribution in [0.25, 0.3) is 44.7 Å². The van der Waals surface area contributed by atoms with Crippen molar-refractivity contribution in [3.63, 3.8) is 0 Å². The summed E-state index contributed by atoms with van der Waals surface area (Å²) in [5, 5.41) is 2.42. The van der Waals surface area contributed by atoms with Crippen LogP contribution in [0.3, 0.4) is 0 Å². The largest absolute Gasteiger partial charge is 0.316 e. The minimum absolute atomic E-state index is 0.651. The molecule has 8 aromatic rings. The first kappa shape index (κ1) is 51.4. The topological polar surface area (TPSA) is 17.3 Å². The number of para-hydroxylation sites is 1. The molecule has 0 bridgehead atoms. The molecule has 0 radical (unpaired) electrons. The average molecular weight is 891 g/mol. The zero-order valence-electron chi connectivity index (χ0n) is 41.9. The second kappa shape index (κ2) is 26.6. The molecule has 2 nitrogen and oxygen atoms in total. The molecule has 0 aliphatic carbocycles. The number of fused-ring (bicyclic) bond motifs is 3. The normalized spacial score (nSPS) is 11.6. The van der Waals surface area contributed by atoms with Gasteiger partial charge >= 0.3 is 0 Å². The van der Waals surface area contributed by atoms with Crippen LogP contribution in [0.4, 0.5) is 0 Å². The highest BCUT2D eigenvalue weighted by molar-refractivity contribution is 6.10. The first-order chi connectivity index (χ1) is 33.0. The predicted molar refractivity (Wildman–Crippen MR) is 302 cm³/mol. The maximum atomic E-state index is 4.77. The van der Waals surface area contributed by atoms with Crippen LogP contribution < -0.4 is 0 Å². The molecule has 8 rings (SSSR count). The van der Waals surface area contributed by atoms with E-state index in [2.05, 4.69) is 228 Å². The van der Waals surface area contributed by atoms with Crippen LogP contribution in [-0.2, 0) is 6.42 Å². The van der Waals surface area contributed by atoms with Crippen LogP contribution in [0.15, 0.2) is 242 Å². The molecule has 0 saturated heterocycles. The van der Waals surface area contributed by atoms with E-state index in [9.17, 15) is 0 Å². The third kappa shape index (κ3) is 14.5. The Morgan fingerprint density at radius 1 is 0.603 bits per heavy atom. The SMILES string of the molecule is C=C(/C=C(\C=C/C)c1ccc2c(c1)c1ccccc1n2/C=C/C=C\Cc1ccc(C)c(-c2ccccc2C)c1)C(=C)N=C(C)c1ccccc1.CC.CC(C)c1ccccc1.Cc1ccccc1. The molecular weight excluding hydrogens is 821 g/mol. The quantitative estimate of drug-likeness (QED) is 0.0859. The van der Waals surface area contributed by atoms with Gasteiger partial charge in [0.25, 0.3) is 0 Å². The monoisotopic (exact) mass is 891 g/mol. The molecule has 0 aliphatic rings. The smallest absolute Gasteiger partial charge is 0.0627 e. The Balaban J connectivity index is 0.000000401. The molecule has 2 heteroatoms. The van der Waals surface area contributed by atoms with Gasteiger partial charge in [0.15, 0.2) is 0 Å². The van der Waals surface area contributed by atoms with Gasteiger partial charge in [0, 0.05) is 22.7 Å². The number of aliphatic imine (C=N–C) groups is 1. The van der Waals surface area contributed by atoms with Gasteiger partial charge in [-0.05, 0) is 133 Å². The van der Waals surface area contributed by atoms with Crippen molar-refractivity contribution in [3.8, 4) is 11.1 Å². The van der Waals surface area contributed by atoms with Crippen molar-refractivity contribution in [1.82, 2.24) is 4.57 Å². The Hall–Kier alpha value is -7.55. The van der Waals surface area contributed by atoms with E-state index >= 15 is 0 Å². The minimum Gasteiger partial charge on any atom is -0.316 e. The second-order valence-electron chi connectivity index (χ2n) is 16.9. The Morgan fingerprint density at radius 3 is 1.84 bits per heavy atom. The van der Waals surface area contributed by atoms with E-state index in [0.717, 1.165) is 39.9 Å². The van der Waals surface area contributed by atoms with Gasteiger partial charge in [0.05, 0.1) is 16.7 Å². The maximum absolute atomic E-state index is 4.77. The molecule has 0 spiro atoms. The molecule has 0 amide bonds. The molecule has 0 fully saturated rings. The van der Waals surface area contributed by atoms with E-state index in [4.69, 9.17) is 4.99 Å². The standard InChI is InChI=1S/C48H44N2.C9H12.C7H8.C2H6/c1-7-18-41(31-36(4)37(5)49-38(6)40-21-11-8-12-22-40)42-28-29-48-46(33-42)44-24-15-16-25-47(44)50(48)30-17-9-10-20-39-27-26-35(3)45(32-39)43-23-14-13-19-34(43)2;1-8(2)9-6-4-3-5-7-9;1-7-5-3-2-4-6-7;1-2/h7-19,21-33H,4-5,20H2,1-3,6H3;3-8H,1-2H3;2-6H,1H3;1-2H3/b10-9-,18-7-,30-17+,41-31+,49-38?;;;. The van der Waals surface area contributed by atoms with E-state index in [0.29, 0.717) is 11.6 Å². The molecular formula is C66H70N2. The summed E-state index contributed by atoms with van der Waals surface area (Å²) >= 11 is 0. The van der Waals surface area contributed by atoms with Gasteiger partial charge in [0.1, 0.15) is 0 Å². The van der Waals surface area contributed by atoms with Crippen molar-refractivity contribution in [1.29, 1.82) is 0 Å². The lowest BCUT2D eigenvalue weighted by molar-refractivity contribution is 0.867. The second-order valence-corrected chi connectivity index (χ2v) is 16.9. The van der Waals surface area contributed by atoms with Crippen LogP contribution in [0.1, 0.15) is 86.4 Å². The van der Waals surface area contributed by atoms with Crippen LogP contribution >= 0.6 is 0 Å². The molecule has 7 aromatic carbocycles. The highest BCUT2D eigenvalue weighted by Crippen LogP contribution is 2.33. The average Bonchev–Trinajstić information content (AvgIpc) is 3.68. The lowest BCUT2D eigenvalue weighted by atomic mass is 9.94. The Bertz CT molecular complexity index is 3020. The Labute approximate surface area is 408 Å². The van der Waals surface area contributed by atoms with Crippen LogP contribution in [0.2, 0.25) is 0 Å². The van der Waals surface area contributed by atoms with E-state index < -0.39 is 0 Å². The fourth-order valence-electron chi connectivity index (χ4n) is 7.79. The van der Waals surface area contributed by atoms with E-state index in [-0.39, 0.29) is 0 Å². The number of allylic oxidation sites excluding steroid dienone is 7. The van der Waals surface area contributed by atoms with Crippen LogP contribution in [-0.4, -0.2) is 10.3 Å². The Kier molecular flexibility index (Phi) is 20.1. The lowest BCUT2D eigenvalue weighted by Crippen LogP contribution is -1.95. The third-order valence-corrected chi connectivity index (χ3v) is 11.6.